The summed E-state index contributed by atoms with van der Waals surface area (Å²) in [6, 6.07) is 4.35. The van der Waals surface area contributed by atoms with Crippen molar-refractivity contribution >= 4 is 23.4 Å². The molecule has 0 saturated heterocycles. The summed E-state index contributed by atoms with van der Waals surface area (Å²) in [5.41, 5.74) is 6.88. The first kappa shape index (κ1) is 15.2. The van der Waals surface area contributed by atoms with E-state index in [-0.39, 0.29) is 29.3 Å². The molecule has 0 radical (unpaired) electrons. The number of benzene rings is 1. The highest BCUT2D eigenvalue weighted by Gasteiger charge is 2.27. The molecular weight excluding hydrogens is 270 g/mol. The Morgan fingerprint density at radius 3 is 2.48 bits per heavy atom. The Morgan fingerprint density at radius 1 is 1.24 bits per heavy atom. The fraction of sp³-hybridized carbons (Fsp3) is 0.400. The Balaban J connectivity index is 2.08. The fourth-order valence-corrected chi connectivity index (χ4v) is 1.96. The van der Waals surface area contributed by atoms with Crippen LogP contribution in [0.15, 0.2) is 18.2 Å². The van der Waals surface area contributed by atoms with Crippen molar-refractivity contribution in [1.82, 2.24) is 5.32 Å². The summed E-state index contributed by atoms with van der Waals surface area (Å²) in [4.78, 5) is 34.9. The second kappa shape index (κ2) is 5.29. The quantitative estimate of drug-likeness (QED) is 0.729. The van der Waals surface area contributed by atoms with E-state index < -0.39 is 11.8 Å². The SMILES string of the molecule is CC(C)(C)C(N)CC(=O)Nc1ccc2c(c1)C(=O)NC2=O. The molecule has 1 unspecified atom stereocenters. The number of hydrogen-bond donors (Lipinski definition) is 3. The van der Waals surface area contributed by atoms with E-state index in [1.54, 1.807) is 6.07 Å². The van der Waals surface area contributed by atoms with Gasteiger partial charge in [0.05, 0.1) is 11.1 Å². The topological polar surface area (TPSA) is 101 Å². The molecule has 3 amide bonds. The van der Waals surface area contributed by atoms with Crippen LogP contribution in [-0.2, 0) is 4.79 Å². The maximum Gasteiger partial charge on any atom is 0.259 e. The van der Waals surface area contributed by atoms with Crippen LogP contribution in [-0.4, -0.2) is 23.8 Å². The zero-order chi connectivity index (χ0) is 15.8. The normalized spacial score (nSPS) is 15.4. The van der Waals surface area contributed by atoms with Gasteiger partial charge in [-0.3, -0.25) is 19.7 Å². The van der Waals surface area contributed by atoms with Crippen LogP contribution >= 0.6 is 0 Å². The molecule has 112 valence electrons. The molecule has 4 N–H and O–H groups in total. The van der Waals surface area contributed by atoms with Crippen molar-refractivity contribution in [1.29, 1.82) is 0 Å². The Labute approximate surface area is 123 Å². The third kappa shape index (κ3) is 3.28. The fourth-order valence-electron chi connectivity index (χ4n) is 1.96. The number of rotatable bonds is 3. The van der Waals surface area contributed by atoms with Gasteiger partial charge in [0.15, 0.2) is 0 Å². The summed E-state index contributed by atoms with van der Waals surface area (Å²) in [5, 5.41) is 4.90. The summed E-state index contributed by atoms with van der Waals surface area (Å²) >= 11 is 0. The number of nitrogens with one attached hydrogen (secondary N) is 2. The van der Waals surface area contributed by atoms with Crippen molar-refractivity contribution in [3.63, 3.8) is 0 Å². The molecule has 1 heterocycles. The van der Waals surface area contributed by atoms with E-state index in [0.29, 0.717) is 11.3 Å². The Hall–Kier alpha value is -2.21. The van der Waals surface area contributed by atoms with Gasteiger partial charge in [-0.2, -0.15) is 0 Å². The van der Waals surface area contributed by atoms with Gasteiger partial charge >= 0.3 is 0 Å². The zero-order valence-electron chi connectivity index (χ0n) is 12.3. The van der Waals surface area contributed by atoms with Crippen molar-refractivity contribution in [2.75, 3.05) is 5.32 Å². The lowest BCUT2D eigenvalue weighted by molar-refractivity contribution is -0.117. The highest BCUT2D eigenvalue weighted by molar-refractivity contribution is 6.22. The van der Waals surface area contributed by atoms with Crippen LogP contribution in [0.2, 0.25) is 0 Å². The lowest BCUT2D eigenvalue weighted by atomic mass is 9.85. The van der Waals surface area contributed by atoms with Crippen LogP contribution in [0.25, 0.3) is 0 Å². The number of imide groups is 1. The van der Waals surface area contributed by atoms with E-state index in [1.807, 2.05) is 20.8 Å². The third-order valence-corrected chi connectivity index (χ3v) is 3.54. The summed E-state index contributed by atoms with van der Waals surface area (Å²) in [7, 11) is 0. The average molecular weight is 289 g/mol. The predicted octanol–water partition coefficient (Wildman–Crippen LogP) is 1.27. The molecular formula is C15H19N3O3. The van der Waals surface area contributed by atoms with E-state index in [9.17, 15) is 14.4 Å². The van der Waals surface area contributed by atoms with Crippen molar-refractivity contribution in [3.8, 4) is 0 Å². The molecule has 1 aliphatic rings. The molecule has 6 nitrogen and oxygen atoms in total. The largest absolute Gasteiger partial charge is 0.327 e. The molecule has 0 bridgehead atoms. The summed E-state index contributed by atoms with van der Waals surface area (Å²) in [6.07, 6.45) is 0.186. The Morgan fingerprint density at radius 2 is 1.86 bits per heavy atom. The first-order valence-electron chi connectivity index (χ1n) is 6.73. The van der Waals surface area contributed by atoms with E-state index in [1.165, 1.54) is 12.1 Å². The van der Waals surface area contributed by atoms with Crippen LogP contribution in [0.4, 0.5) is 5.69 Å². The summed E-state index contributed by atoms with van der Waals surface area (Å²) in [5.74, 6) is -1.08. The van der Waals surface area contributed by atoms with Gasteiger partial charge in [0, 0.05) is 18.2 Å². The molecule has 0 fully saturated rings. The standard InChI is InChI=1S/C15H19N3O3/c1-15(2,3)11(16)7-12(19)17-8-4-5-9-10(6-8)14(21)18-13(9)20/h4-6,11H,7,16H2,1-3H3,(H,17,19)(H,18,20,21). The van der Waals surface area contributed by atoms with Crippen LogP contribution in [0.3, 0.4) is 0 Å². The maximum atomic E-state index is 12.0. The highest BCUT2D eigenvalue weighted by Crippen LogP contribution is 2.22. The lowest BCUT2D eigenvalue weighted by Gasteiger charge is -2.26. The first-order chi connectivity index (χ1) is 9.68. The average Bonchev–Trinajstić information content (AvgIpc) is 2.63. The number of carbonyl (C=O) groups is 3. The van der Waals surface area contributed by atoms with Crippen molar-refractivity contribution < 1.29 is 14.4 Å². The number of nitrogens with two attached hydrogens (primary N) is 1. The van der Waals surface area contributed by atoms with E-state index in [2.05, 4.69) is 10.6 Å². The molecule has 0 saturated carbocycles. The van der Waals surface area contributed by atoms with Gasteiger partial charge in [-0.15, -0.1) is 0 Å². The molecule has 21 heavy (non-hydrogen) atoms. The zero-order valence-corrected chi connectivity index (χ0v) is 12.3. The van der Waals surface area contributed by atoms with Crippen molar-refractivity contribution in [2.24, 2.45) is 11.1 Å². The van der Waals surface area contributed by atoms with Crippen molar-refractivity contribution in [3.05, 3.63) is 29.3 Å². The highest BCUT2D eigenvalue weighted by atomic mass is 16.2. The molecule has 1 aromatic rings. The second-order valence-electron chi connectivity index (χ2n) is 6.27. The molecule has 1 aromatic carbocycles. The van der Waals surface area contributed by atoms with Crippen LogP contribution in [0, 0.1) is 5.41 Å². The molecule has 0 aromatic heterocycles. The number of hydrogen-bond acceptors (Lipinski definition) is 4. The molecule has 1 aliphatic heterocycles. The number of amides is 3. The second-order valence-corrected chi connectivity index (χ2v) is 6.27. The van der Waals surface area contributed by atoms with Gasteiger partial charge in [0.2, 0.25) is 5.91 Å². The summed E-state index contributed by atoms with van der Waals surface area (Å²) in [6.45, 7) is 5.91. The van der Waals surface area contributed by atoms with Gasteiger partial charge in [0.25, 0.3) is 11.8 Å². The van der Waals surface area contributed by atoms with E-state index >= 15 is 0 Å². The van der Waals surface area contributed by atoms with Gasteiger partial charge in [-0.05, 0) is 23.6 Å². The van der Waals surface area contributed by atoms with Gasteiger partial charge in [-0.25, -0.2) is 0 Å². The monoisotopic (exact) mass is 289 g/mol. The number of fused-ring (bicyclic) bond motifs is 1. The Kier molecular flexibility index (Phi) is 3.82. The maximum absolute atomic E-state index is 12.0. The Bertz CT molecular complexity index is 617. The molecule has 0 aliphatic carbocycles. The van der Waals surface area contributed by atoms with Crippen LogP contribution in [0.5, 0.6) is 0 Å². The van der Waals surface area contributed by atoms with E-state index in [4.69, 9.17) is 5.73 Å². The van der Waals surface area contributed by atoms with E-state index in [0.717, 1.165) is 0 Å². The van der Waals surface area contributed by atoms with Gasteiger partial charge < -0.3 is 11.1 Å². The first-order valence-corrected chi connectivity index (χ1v) is 6.73. The van der Waals surface area contributed by atoms with Crippen LogP contribution < -0.4 is 16.4 Å². The third-order valence-electron chi connectivity index (χ3n) is 3.54. The van der Waals surface area contributed by atoms with Crippen molar-refractivity contribution in [2.45, 2.75) is 33.2 Å². The lowest BCUT2D eigenvalue weighted by Crippen LogP contribution is -2.38. The smallest absolute Gasteiger partial charge is 0.259 e. The molecule has 1 atom stereocenters. The minimum absolute atomic E-state index is 0.165. The molecule has 6 heteroatoms. The predicted molar refractivity (Wildman–Crippen MR) is 78.9 cm³/mol. The van der Waals surface area contributed by atoms with Gasteiger partial charge in [0.1, 0.15) is 0 Å². The minimum Gasteiger partial charge on any atom is -0.327 e. The molecule has 0 spiro atoms. The van der Waals surface area contributed by atoms with Crippen LogP contribution in [0.1, 0.15) is 47.9 Å². The minimum atomic E-state index is -0.447. The number of carbonyl (C=O) groups excluding carboxylic acids is 3. The molecule has 2 rings (SSSR count). The summed E-state index contributed by atoms with van der Waals surface area (Å²) < 4.78 is 0. The van der Waals surface area contributed by atoms with Gasteiger partial charge in [-0.1, -0.05) is 20.8 Å². The number of anilines is 1.